The molecule has 2 amide bonds. The largest absolute Gasteiger partial charge is 0.486 e. The molecule has 0 bridgehead atoms. The van der Waals surface area contributed by atoms with Gasteiger partial charge >= 0.3 is 6.03 Å². The van der Waals surface area contributed by atoms with Crippen molar-refractivity contribution in [2.45, 2.75) is 31.4 Å². The van der Waals surface area contributed by atoms with Crippen LogP contribution in [0, 0.1) is 0 Å². The molecule has 3 aliphatic heterocycles. The normalized spacial score (nSPS) is 27.7. The number of carbonyl (C=O) groups is 1. The molecule has 0 unspecified atom stereocenters. The molecule has 130 valence electrons. The zero-order chi connectivity index (χ0) is 16.4. The number of likely N-dealkylation sites (tertiary alicyclic amines) is 1. The highest BCUT2D eigenvalue weighted by atomic mass is 16.6. The van der Waals surface area contributed by atoms with Crippen molar-refractivity contribution in [2.75, 3.05) is 39.3 Å². The summed E-state index contributed by atoms with van der Waals surface area (Å²) >= 11 is 0. The fourth-order valence-corrected chi connectivity index (χ4v) is 3.89. The third kappa shape index (κ3) is 3.29. The van der Waals surface area contributed by atoms with E-state index >= 15 is 0 Å². The predicted molar refractivity (Wildman–Crippen MR) is 90.5 cm³/mol. The van der Waals surface area contributed by atoms with Crippen molar-refractivity contribution in [3.63, 3.8) is 0 Å². The molecule has 2 saturated heterocycles. The van der Waals surface area contributed by atoms with Crippen LogP contribution < -0.4 is 14.8 Å². The molecule has 0 radical (unpaired) electrons. The Morgan fingerprint density at radius 3 is 2.92 bits per heavy atom. The van der Waals surface area contributed by atoms with E-state index in [-0.39, 0.29) is 12.1 Å². The van der Waals surface area contributed by atoms with E-state index in [1.54, 1.807) is 0 Å². The molecule has 24 heavy (non-hydrogen) atoms. The van der Waals surface area contributed by atoms with Crippen molar-refractivity contribution >= 4 is 6.03 Å². The van der Waals surface area contributed by atoms with Crippen molar-refractivity contribution in [3.8, 4) is 11.5 Å². The van der Waals surface area contributed by atoms with Gasteiger partial charge in [-0.2, -0.15) is 0 Å². The number of nitrogens with zero attached hydrogens (tertiary/aromatic N) is 2. The Hall–Kier alpha value is -1.95. The number of amides is 2. The molecule has 2 atom stereocenters. The molecule has 0 aromatic heterocycles. The average molecular weight is 331 g/mol. The number of hydrogen-bond donors (Lipinski definition) is 1. The first-order valence-electron chi connectivity index (χ1n) is 8.95. The van der Waals surface area contributed by atoms with Gasteiger partial charge in [-0.25, -0.2) is 4.79 Å². The summed E-state index contributed by atoms with van der Waals surface area (Å²) in [6.07, 6.45) is 3.31. The van der Waals surface area contributed by atoms with E-state index in [0.717, 1.165) is 63.5 Å². The third-order valence-corrected chi connectivity index (χ3v) is 5.06. The summed E-state index contributed by atoms with van der Waals surface area (Å²) in [6.45, 7) is 5.10. The molecule has 0 saturated carbocycles. The van der Waals surface area contributed by atoms with Gasteiger partial charge in [0.15, 0.2) is 11.5 Å². The summed E-state index contributed by atoms with van der Waals surface area (Å²) in [7, 11) is 0. The molecule has 6 nitrogen and oxygen atoms in total. The summed E-state index contributed by atoms with van der Waals surface area (Å²) in [4.78, 5) is 16.5. The summed E-state index contributed by atoms with van der Waals surface area (Å²) in [6, 6.07) is 8.24. The van der Waals surface area contributed by atoms with Gasteiger partial charge < -0.3 is 19.7 Å². The average Bonchev–Trinajstić information content (AvgIpc) is 2.62. The Bertz CT molecular complexity index is 595. The van der Waals surface area contributed by atoms with Crippen LogP contribution in [-0.4, -0.2) is 67.3 Å². The van der Waals surface area contributed by atoms with Gasteiger partial charge in [0, 0.05) is 32.2 Å². The van der Waals surface area contributed by atoms with Gasteiger partial charge in [-0.3, -0.25) is 4.90 Å². The van der Waals surface area contributed by atoms with E-state index in [2.05, 4.69) is 10.2 Å². The number of urea groups is 1. The van der Waals surface area contributed by atoms with Gasteiger partial charge in [0.2, 0.25) is 0 Å². The number of benzene rings is 1. The van der Waals surface area contributed by atoms with E-state index in [1.165, 1.54) is 0 Å². The second kappa shape index (κ2) is 6.89. The van der Waals surface area contributed by atoms with Gasteiger partial charge in [0.1, 0.15) is 12.7 Å². The molecule has 3 aliphatic rings. The lowest BCUT2D eigenvalue weighted by atomic mass is 10.0. The van der Waals surface area contributed by atoms with Crippen LogP contribution >= 0.6 is 0 Å². The molecule has 1 N–H and O–H groups in total. The highest BCUT2D eigenvalue weighted by Crippen LogP contribution is 2.31. The van der Waals surface area contributed by atoms with Crippen LogP contribution in [0.5, 0.6) is 11.5 Å². The lowest BCUT2D eigenvalue weighted by Crippen LogP contribution is -2.57. The summed E-state index contributed by atoms with van der Waals surface area (Å²) in [5.41, 5.74) is 0. The fraction of sp³-hybridized carbons (Fsp3) is 0.611. The van der Waals surface area contributed by atoms with Crippen LogP contribution in [0.2, 0.25) is 0 Å². The second-order valence-corrected chi connectivity index (χ2v) is 6.83. The Kier molecular flexibility index (Phi) is 4.47. The van der Waals surface area contributed by atoms with E-state index < -0.39 is 0 Å². The van der Waals surface area contributed by atoms with Gasteiger partial charge in [-0.05, 0) is 37.9 Å². The Morgan fingerprint density at radius 2 is 2.04 bits per heavy atom. The number of ether oxygens (including phenoxy) is 2. The smallest absolute Gasteiger partial charge is 0.317 e. The van der Waals surface area contributed by atoms with E-state index in [1.807, 2.05) is 29.2 Å². The quantitative estimate of drug-likeness (QED) is 0.916. The first-order chi connectivity index (χ1) is 11.8. The lowest BCUT2D eigenvalue weighted by Gasteiger charge is -2.42. The molecule has 0 spiro atoms. The lowest BCUT2D eigenvalue weighted by molar-refractivity contribution is 0.0368. The summed E-state index contributed by atoms with van der Waals surface area (Å²) in [5, 5.41) is 2.96. The topological polar surface area (TPSA) is 54.0 Å². The van der Waals surface area contributed by atoms with Crippen molar-refractivity contribution in [2.24, 2.45) is 0 Å². The minimum absolute atomic E-state index is 0.0498. The van der Waals surface area contributed by atoms with Crippen molar-refractivity contribution in [1.29, 1.82) is 0 Å². The SMILES string of the molecule is O=C1NCCCN1[C@H]1CCCN(C[C@H]2COc3ccccc3O2)C1. The van der Waals surface area contributed by atoms with Crippen LogP contribution in [-0.2, 0) is 0 Å². The van der Waals surface area contributed by atoms with Gasteiger partial charge in [-0.15, -0.1) is 0 Å². The van der Waals surface area contributed by atoms with Crippen molar-refractivity contribution < 1.29 is 14.3 Å². The van der Waals surface area contributed by atoms with Crippen molar-refractivity contribution in [3.05, 3.63) is 24.3 Å². The number of carbonyl (C=O) groups excluding carboxylic acids is 1. The molecule has 0 aliphatic carbocycles. The molecule has 6 heteroatoms. The van der Waals surface area contributed by atoms with Gasteiger partial charge in [-0.1, -0.05) is 12.1 Å². The Morgan fingerprint density at radius 1 is 1.17 bits per heavy atom. The molecule has 1 aromatic rings. The number of hydrogen-bond acceptors (Lipinski definition) is 4. The molecule has 1 aromatic carbocycles. The van der Waals surface area contributed by atoms with Crippen molar-refractivity contribution in [1.82, 2.24) is 15.1 Å². The zero-order valence-electron chi connectivity index (χ0n) is 13.9. The van der Waals surface area contributed by atoms with E-state index in [0.29, 0.717) is 12.6 Å². The fourth-order valence-electron chi connectivity index (χ4n) is 3.89. The maximum absolute atomic E-state index is 12.1. The third-order valence-electron chi connectivity index (χ3n) is 5.06. The maximum atomic E-state index is 12.1. The Balaban J connectivity index is 1.34. The number of rotatable bonds is 3. The first kappa shape index (κ1) is 15.6. The van der Waals surface area contributed by atoms with E-state index in [9.17, 15) is 4.79 Å². The van der Waals surface area contributed by atoms with Crippen LogP contribution in [0.3, 0.4) is 0 Å². The Labute approximate surface area is 142 Å². The summed E-state index contributed by atoms with van der Waals surface area (Å²) in [5.74, 6) is 1.66. The molecular formula is C18H25N3O3. The number of nitrogens with one attached hydrogen (secondary N) is 1. The highest BCUT2D eigenvalue weighted by Gasteiger charge is 2.32. The molecular weight excluding hydrogens is 306 g/mol. The molecule has 3 heterocycles. The summed E-state index contributed by atoms with van der Waals surface area (Å²) < 4.78 is 11.9. The van der Waals surface area contributed by atoms with Crippen LogP contribution in [0.15, 0.2) is 24.3 Å². The molecule has 2 fully saturated rings. The zero-order valence-corrected chi connectivity index (χ0v) is 13.9. The number of fused-ring (bicyclic) bond motifs is 1. The molecule has 4 rings (SSSR count). The van der Waals surface area contributed by atoms with Crippen LogP contribution in [0.4, 0.5) is 4.79 Å². The first-order valence-corrected chi connectivity index (χ1v) is 8.95. The number of piperidine rings is 1. The standard InChI is InChI=1S/C18H25N3O3/c22-18-19-8-4-10-21(18)14-5-3-9-20(11-14)12-15-13-23-16-6-1-2-7-17(16)24-15/h1-2,6-7,14-15H,3-5,8-13H2,(H,19,22)/t14-,15-/m0/s1. The van der Waals surface area contributed by atoms with E-state index in [4.69, 9.17) is 9.47 Å². The number of para-hydroxylation sites is 2. The monoisotopic (exact) mass is 331 g/mol. The predicted octanol–water partition coefficient (Wildman–Crippen LogP) is 1.71. The van der Waals surface area contributed by atoms with Gasteiger partial charge in [0.25, 0.3) is 0 Å². The second-order valence-electron chi connectivity index (χ2n) is 6.83. The van der Waals surface area contributed by atoms with Gasteiger partial charge in [0.05, 0.1) is 0 Å². The van der Waals surface area contributed by atoms with Crippen LogP contribution in [0.25, 0.3) is 0 Å². The minimum Gasteiger partial charge on any atom is -0.486 e. The van der Waals surface area contributed by atoms with Crippen LogP contribution in [0.1, 0.15) is 19.3 Å². The maximum Gasteiger partial charge on any atom is 0.317 e. The minimum atomic E-state index is 0.0498. The highest BCUT2D eigenvalue weighted by molar-refractivity contribution is 5.75.